The number of aryl methyl sites for hydroxylation is 1. The van der Waals surface area contributed by atoms with Crippen LogP contribution >= 0.6 is 23.7 Å². The summed E-state index contributed by atoms with van der Waals surface area (Å²) in [6.45, 7) is 1.92. The van der Waals surface area contributed by atoms with E-state index in [1.54, 1.807) is 0 Å². The fourth-order valence-corrected chi connectivity index (χ4v) is 3.53. The average Bonchev–Trinajstić information content (AvgIpc) is 3.17. The van der Waals surface area contributed by atoms with E-state index in [0.717, 1.165) is 22.7 Å². The van der Waals surface area contributed by atoms with Crippen LogP contribution in [0.15, 0.2) is 41.9 Å². The van der Waals surface area contributed by atoms with Crippen molar-refractivity contribution in [3.8, 4) is 17.1 Å². The Morgan fingerprint density at radius 1 is 1.15 bits per heavy atom. The number of imidazole rings is 1. The number of nitrogens with zero attached hydrogens (tertiary/aromatic N) is 3. The number of methoxy groups -OCH3 is 1. The smallest absolute Gasteiger partial charge is 0.190 e. The molecular weight excluding hydrogens is 394 g/mol. The zero-order chi connectivity index (χ0) is 18.3. The molecule has 0 fully saturated rings. The molecule has 0 aliphatic rings. The molecule has 3 heterocycles. The summed E-state index contributed by atoms with van der Waals surface area (Å²) in [5.74, 6) is -1.95. The summed E-state index contributed by atoms with van der Waals surface area (Å²) < 4.78 is 34.3. The van der Waals surface area contributed by atoms with Crippen molar-refractivity contribution in [2.24, 2.45) is 0 Å². The minimum Gasteiger partial charge on any atom is -0.491 e. The minimum absolute atomic E-state index is 0. The first kappa shape index (κ1) is 19.1. The highest BCUT2D eigenvalue weighted by Gasteiger charge is 2.15. The van der Waals surface area contributed by atoms with E-state index >= 15 is 0 Å². The Morgan fingerprint density at radius 2 is 1.89 bits per heavy atom. The van der Waals surface area contributed by atoms with Crippen LogP contribution in [0.5, 0.6) is 5.75 Å². The van der Waals surface area contributed by atoms with E-state index in [9.17, 15) is 8.78 Å². The van der Waals surface area contributed by atoms with Crippen LogP contribution in [0.4, 0.5) is 19.6 Å². The normalized spacial score (nSPS) is 10.7. The number of pyridine rings is 1. The van der Waals surface area contributed by atoms with Crippen molar-refractivity contribution < 1.29 is 13.5 Å². The lowest BCUT2D eigenvalue weighted by atomic mass is 10.2. The highest BCUT2D eigenvalue weighted by atomic mass is 35.5. The molecular formula is C18H15ClF2N4OS. The molecule has 0 aliphatic carbocycles. The Hall–Kier alpha value is -2.71. The Labute approximate surface area is 164 Å². The van der Waals surface area contributed by atoms with Crippen molar-refractivity contribution in [1.29, 1.82) is 0 Å². The lowest BCUT2D eigenvalue weighted by Crippen LogP contribution is -1.97. The van der Waals surface area contributed by atoms with Gasteiger partial charge in [0, 0.05) is 29.4 Å². The van der Waals surface area contributed by atoms with E-state index < -0.39 is 17.4 Å². The number of aromatic nitrogens is 3. The third-order valence-electron chi connectivity index (χ3n) is 3.90. The number of fused-ring (bicyclic) bond motifs is 1. The molecule has 3 aromatic heterocycles. The van der Waals surface area contributed by atoms with Gasteiger partial charge in [-0.05, 0) is 19.1 Å². The van der Waals surface area contributed by atoms with Crippen LogP contribution in [0.2, 0.25) is 0 Å². The van der Waals surface area contributed by atoms with Crippen LogP contribution in [0.1, 0.15) is 5.69 Å². The van der Waals surface area contributed by atoms with Gasteiger partial charge in [-0.1, -0.05) is 6.07 Å². The van der Waals surface area contributed by atoms with Crippen LogP contribution < -0.4 is 10.1 Å². The number of rotatable bonds is 4. The summed E-state index contributed by atoms with van der Waals surface area (Å²) in [5.41, 5.74) is 3.58. The van der Waals surface area contributed by atoms with Gasteiger partial charge in [-0.3, -0.25) is 4.40 Å². The summed E-state index contributed by atoms with van der Waals surface area (Å²) in [5, 5.41) is 5.33. The molecule has 0 saturated heterocycles. The van der Waals surface area contributed by atoms with Crippen LogP contribution in [0.25, 0.3) is 17.0 Å². The average molecular weight is 409 g/mol. The van der Waals surface area contributed by atoms with Crippen molar-refractivity contribution >= 4 is 40.2 Å². The van der Waals surface area contributed by atoms with Crippen LogP contribution in [-0.2, 0) is 0 Å². The fraction of sp³-hybridized carbons (Fsp3) is 0.111. The Balaban J connectivity index is 0.00000210. The molecule has 1 N–H and O–H groups in total. The van der Waals surface area contributed by atoms with Crippen molar-refractivity contribution in [2.45, 2.75) is 6.92 Å². The second-order valence-electron chi connectivity index (χ2n) is 5.61. The number of hydrogen-bond acceptors (Lipinski definition) is 5. The summed E-state index contributed by atoms with van der Waals surface area (Å²) in [4.78, 5) is 9.05. The zero-order valence-corrected chi connectivity index (χ0v) is 16.0. The zero-order valence-electron chi connectivity index (χ0n) is 14.4. The highest BCUT2D eigenvalue weighted by molar-refractivity contribution is 7.14. The number of anilines is 2. The molecule has 0 saturated carbocycles. The van der Waals surface area contributed by atoms with E-state index in [1.807, 2.05) is 41.1 Å². The summed E-state index contributed by atoms with van der Waals surface area (Å²) in [6.07, 6.45) is 1.92. The van der Waals surface area contributed by atoms with Gasteiger partial charge < -0.3 is 10.1 Å². The molecule has 9 heteroatoms. The molecule has 0 spiro atoms. The molecule has 27 heavy (non-hydrogen) atoms. The second-order valence-corrected chi connectivity index (χ2v) is 6.47. The first-order valence-electron chi connectivity index (χ1n) is 7.76. The van der Waals surface area contributed by atoms with Crippen LogP contribution in [0, 0.1) is 18.6 Å². The maximum atomic E-state index is 13.8. The van der Waals surface area contributed by atoms with E-state index in [0.29, 0.717) is 5.13 Å². The number of benzene rings is 1. The quantitative estimate of drug-likeness (QED) is 0.503. The standard InChI is InChI=1S/C18H14F2N4OS.ClH/c1-10-16(24-6-4-3-5-15(24)21-10)14-9-26-18(23-14)22-11-7-12(19)17(25-2)13(20)8-11;/h3-9H,1-2H3,(H,22,23);1H. The van der Waals surface area contributed by atoms with Gasteiger partial charge in [-0.15, -0.1) is 23.7 Å². The Bertz CT molecular complexity index is 1090. The van der Waals surface area contributed by atoms with Crippen molar-refractivity contribution in [3.05, 3.63) is 59.2 Å². The van der Waals surface area contributed by atoms with Gasteiger partial charge in [0.05, 0.1) is 18.5 Å². The van der Waals surface area contributed by atoms with Crippen molar-refractivity contribution in [3.63, 3.8) is 0 Å². The molecule has 4 rings (SSSR count). The molecule has 0 amide bonds. The van der Waals surface area contributed by atoms with E-state index in [1.165, 1.54) is 30.6 Å². The second kappa shape index (κ2) is 7.50. The van der Waals surface area contributed by atoms with Gasteiger partial charge in [0.2, 0.25) is 0 Å². The predicted octanol–water partition coefficient (Wildman–Crippen LogP) is 5.22. The van der Waals surface area contributed by atoms with Gasteiger partial charge in [0.15, 0.2) is 22.5 Å². The number of nitrogens with one attached hydrogen (secondary N) is 1. The van der Waals surface area contributed by atoms with Gasteiger partial charge in [-0.2, -0.15) is 0 Å². The van der Waals surface area contributed by atoms with Gasteiger partial charge >= 0.3 is 0 Å². The minimum atomic E-state index is -0.774. The number of hydrogen-bond donors (Lipinski definition) is 1. The molecule has 1 aromatic carbocycles. The monoisotopic (exact) mass is 408 g/mol. The molecule has 0 atom stereocenters. The molecule has 4 aromatic rings. The highest BCUT2D eigenvalue weighted by Crippen LogP contribution is 2.31. The number of ether oxygens (including phenoxy) is 1. The van der Waals surface area contributed by atoms with Crippen molar-refractivity contribution in [2.75, 3.05) is 12.4 Å². The lowest BCUT2D eigenvalue weighted by Gasteiger charge is -2.07. The first-order chi connectivity index (χ1) is 12.6. The summed E-state index contributed by atoms with van der Waals surface area (Å²) in [6, 6.07) is 8.11. The molecule has 0 radical (unpaired) electrons. The third kappa shape index (κ3) is 3.45. The maximum Gasteiger partial charge on any atom is 0.190 e. The van der Waals surface area contributed by atoms with Crippen LogP contribution in [-0.4, -0.2) is 21.5 Å². The summed E-state index contributed by atoms with van der Waals surface area (Å²) >= 11 is 1.34. The molecule has 0 unspecified atom stereocenters. The SMILES string of the molecule is COc1c(F)cc(Nc2nc(-c3c(C)nc4ccccn34)cs2)cc1F.Cl. The molecule has 0 aliphatic heterocycles. The Kier molecular flexibility index (Phi) is 5.29. The Morgan fingerprint density at radius 3 is 2.59 bits per heavy atom. The molecule has 0 bridgehead atoms. The fourth-order valence-electron chi connectivity index (χ4n) is 2.81. The van der Waals surface area contributed by atoms with E-state index in [2.05, 4.69) is 20.0 Å². The van der Waals surface area contributed by atoms with E-state index in [4.69, 9.17) is 0 Å². The maximum absolute atomic E-state index is 13.8. The predicted molar refractivity (Wildman–Crippen MR) is 104 cm³/mol. The van der Waals surface area contributed by atoms with Gasteiger partial charge in [-0.25, -0.2) is 18.7 Å². The number of thiazole rings is 1. The summed E-state index contributed by atoms with van der Waals surface area (Å²) in [7, 11) is 1.22. The third-order valence-corrected chi connectivity index (χ3v) is 4.66. The lowest BCUT2D eigenvalue weighted by molar-refractivity contribution is 0.360. The van der Waals surface area contributed by atoms with E-state index in [-0.39, 0.29) is 18.1 Å². The van der Waals surface area contributed by atoms with Crippen LogP contribution in [0.3, 0.4) is 0 Å². The molecule has 5 nitrogen and oxygen atoms in total. The first-order valence-corrected chi connectivity index (χ1v) is 8.64. The molecule has 140 valence electrons. The van der Waals surface area contributed by atoms with Gasteiger partial charge in [0.1, 0.15) is 11.3 Å². The number of halogens is 3. The van der Waals surface area contributed by atoms with Gasteiger partial charge in [0.25, 0.3) is 0 Å². The van der Waals surface area contributed by atoms with Crippen molar-refractivity contribution in [1.82, 2.24) is 14.4 Å². The topological polar surface area (TPSA) is 51.5 Å². The largest absolute Gasteiger partial charge is 0.491 e.